The summed E-state index contributed by atoms with van der Waals surface area (Å²) >= 11 is 0. The van der Waals surface area contributed by atoms with E-state index in [0.29, 0.717) is 31.8 Å². The van der Waals surface area contributed by atoms with Gasteiger partial charge in [0.1, 0.15) is 5.54 Å². The van der Waals surface area contributed by atoms with Crippen molar-refractivity contribution < 1.29 is 13.2 Å². The second kappa shape index (κ2) is 4.76. The number of alkyl halides is 3. The van der Waals surface area contributed by atoms with Gasteiger partial charge in [0.05, 0.1) is 0 Å². The number of halogens is 3. The molecule has 0 aromatic rings. The van der Waals surface area contributed by atoms with Crippen LogP contribution in [0.5, 0.6) is 0 Å². The smallest absolute Gasteiger partial charge is 0.316 e. The number of likely N-dealkylation sites (tertiary alicyclic amines) is 1. The Labute approximate surface area is 101 Å². The Bertz CT molecular complexity index is 261. The molecular weight excluding hydrogens is 229 g/mol. The van der Waals surface area contributed by atoms with Crippen LogP contribution in [0.2, 0.25) is 0 Å². The molecule has 1 N–H and O–H groups in total. The molecular formula is C12H21F3N2. The molecule has 1 aliphatic heterocycles. The molecule has 100 valence electrons. The number of hydrogen-bond acceptors (Lipinski definition) is 2. The number of nitrogens with zero attached hydrogens (tertiary/aromatic N) is 1. The molecule has 2 nitrogen and oxygen atoms in total. The lowest BCUT2D eigenvalue weighted by Gasteiger charge is -2.29. The molecule has 2 fully saturated rings. The zero-order valence-corrected chi connectivity index (χ0v) is 10.3. The first-order valence-electron chi connectivity index (χ1n) is 6.52. The van der Waals surface area contributed by atoms with Crippen LogP contribution >= 0.6 is 0 Å². The van der Waals surface area contributed by atoms with Gasteiger partial charge in [-0.1, -0.05) is 6.92 Å². The molecule has 0 radical (unpaired) electrons. The standard InChI is InChI=1S/C12H21F3N2/c1-2-6-16-8-10-3-7-17(9-10)11(4-5-11)12(13,14)15/h10,16H,2-9H2,1H3. The van der Waals surface area contributed by atoms with Gasteiger partial charge in [-0.2, -0.15) is 13.2 Å². The third-order valence-corrected chi connectivity index (χ3v) is 4.00. The minimum Gasteiger partial charge on any atom is -0.316 e. The van der Waals surface area contributed by atoms with Crippen LogP contribution in [-0.2, 0) is 0 Å². The third kappa shape index (κ3) is 2.60. The Morgan fingerprint density at radius 1 is 1.35 bits per heavy atom. The molecule has 0 bridgehead atoms. The summed E-state index contributed by atoms with van der Waals surface area (Å²) in [5.74, 6) is 0.390. The largest absolute Gasteiger partial charge is 0.406 e. The van der Waals surface area contributed by atoms with E-state index < -0.39 is 11.7 Å². The zero-order valence-electron chi connectivity index (χ0n) is 10.3. The topological polar surface area (TPSA) is 15.3 Å². The first-order chi connectivity index (χ1) is 7.99. The highest BCUT2D eigenvalue weighted by molar-refractivity contribution is 5.10. The minimum absolute atomic E-state index is 0.297. The highest BCUT2D eigenvalue weighted by Crippen LogP contribution is 2.54. The van der Waals surface area contributed by atoms with Gasteiger partial charge in [-0.05, 0) is 51.2 Å². The van der Waals surface area contributed by atoms with Crippen LogP contribution in [0.4, 0.5) is 13.2 Å². The van der Waals surface area contributed by atoms with E-state index in [1.165, 1.54) is 0 Å². The fourth-order valence-corrected chi connectivity index (χ4v) is 2.77. The lowest BCUT2D eigenvalue weighted by atomic mass is 10.1. The molecule has 0 aromatic carbocycles. The summed E-state index contributed by atoms with van der Waals surface area (Å²) in [6, 6.07) is 0. The first kappa shape index (κ1) is 13.1. The Morgan fingerprint density at radius 3 is 2.59 bits per heavy atom. The van der Waals surface area contributed by atoms with Crippen LogP contribution in [0, 0.1) is 5.92 Å². The maximum Gasteiger partial charge on any atom is 0.406 e. The van der Waals surface area contributed by atoms with Crippen LogP contribution in [0.1, 0.15) is 32.6 Å². The lowest BCUT2D eigenvalue weighted by molar-refractivity contribution is -0.193. The van der Waals surface area contributed by atoms with Crippen molar-refractivity contribution in [3.05, 3.63) is 0 Å². The molecule has 17 heavy (non-hydrogen) atoms. The van der Waals surface area contributed by atoms with E-state index in [0.717, 1.165) is 25.9 Å². The quantitative estimate of drug-likeness (QED) is 0.754. The molecule has 1 heterocycles. The molecule has 1 saturated heterocycles. The average Bonchev–Trinajstić information content (AvgIpc) is 2.94. The summed E-state index contributed by atoms with van der Waals surface area (Å²) in [6.07, 6.45) is -1.48. The van der Waals surface area contributed by atoms with Crippen molar-refractivity contribution in [3.63, 3.8) is 0 Å². The van der Waals surface area contributed by atoms with E-state index in [1.54, 1.807) is 4.90 Å². The van der Waals surface area contributed by atoms with Gasteiger partial charge in [-0.25, -0.2) is 0 Å². The molecule has 1 saturated carbocycles. The summed E-state index contributed by atoms with van der Waals surface area (Å²) < 4.78 is 38.8. The summed E-state index contributed by atoms with van der Waals surface area (Å²) in [6.45, 7) is 5.13. The monoisotopic (exact) mass is 250 g/mol. The second-order valence-electron chi connectivity index (χ2n) is 5.33. The van der Waals surface area contributed by atoms with E-state index in [1.807, 2.05) is 0 Å². The first-order valence-corrected chi connectivity index (χ1v) is 6.52. The van der Waals surface area contributed by atoms with Gasteiger partial charge in [0, 0.05) is 6.54 Å². The Hall–Kier alpha value is -0.290. The molecule has 2 rings (SSSR count). The van der Waals surface area contributed by atoms with Crippen molar-refractivity contribution in [2.24, 2.45) is 5.92 Å². The number of rotatable bonds is 5. The normalized spacial score (nSPS) is 28.6. The molecule has 0 spiro atoms. The van der Waals surface area contributed by atoms with Crippen LogP contribution in [0.3, 0.4) is 0 Å². The SMILES string of the molecule is CCCNCC1CCN(C2(C(F)(F)F)CC2)C1. The van der Waals surface area contributed by atoms with Gasteiger partial charge < -0.3 is 5.32 Å². The van der Waals surface area contributed by atoms with Crippen LogP contribution in [0.25, 0.3) is 0 Å². The summed E-state index contributed by atoms with van der Waals surface area (Å²) in [5.41, 5.74) is -1.45. The van der Waals surface area contributed by atoms with Crippen molar-refractivity contribution in [1.29, 1.82) is 0 Å². The van der Waals surface area contributed by atoms with E-state index in [9.17, 15) is 13.2 Å². The Kier molecular flexibility index (Phi) is 3.69. The van der Waals surface area contributed by atoms with Crippen molar-refractivity contribution in [2.45, 2.75) is 44.3 Å². The van der Waals surface area contributed by atoms with Crippen LogP contribution < -0.4 is 5.32 Å². The van der Waals surface area contributed by atoms with Gasteiger partial charge in [0.2, 0.25) is 0 Å². The molecule has 1 aliphatic carbocycles. The molecule has 2 aliphatic rings. The van der Waals surface area contributed by atoms with Crippen molar-refractivity contribution in [2.75, 3.05) is 26.2 Å². The molecule has 1 unspecified atom stereocenters. The molecule has 0 aromatic heterocycles. The van der Waals surface area contributed by atoms with E-state index in [2.05, 4.69) is 12.2 Å². The predicted molar refractivity (Wildman–Crippen MR) is 60.9 cm³/mol. The van der Waals surface area contributed by atoms with Crippen molar-refractivity contribution in [1.82, 2.24) is 10.2 Å². The number of nitrogens with one attached hydrogen (secondary N) is 1. The molecule has 1 atom stereocenters. The van der Waals surface area contributed by atoms with Crippen LogP contribution in [0.15, 0.2) is 0 Å². The summed E-state index contributed by atoms with van der Waals surface area (Å²) in [4.78, 5) is 1.67. The summed E-state index contributed by atoms with van der Waals surface area (Å²) in [5, 5.41) is 3.30. The average molecular weight is 250 g/mol. The number of hydrogen-bond donors (Lipinski definition) is 1. The Balaban J connectivity index is 1.82. The fraction of sp³-hybridized carbons (Fsp3) is 1.00. The molecule has 5 heteroatoms. The fourth-order valence-electron chi connectivity index (χ4n) is 2.77. The van der Waals surface area contributed by atoms with Crippen molar-refractivity contribution >= 4 is 0 Å². The van der Waals surface area contributed by atoms with Gasteiger partial charge in [-0.15, -0.1) is 0 Å². The highest BCUT2D eigenvalue weighted by Gasteiger charge is 2.67. The van der Waals surface area contributed by atoms with E-state index in [4.69, 9.17) is 0 Å². The summed E-state index contributed by atoms with van der Waals surface area (Å²) in [7, 11) is 0. The zero-order chi connectivity index (χ0) is 12.5. The minimum atomic E-state index is -4.04. The Morgan fingerprint density at radius 2 is 2.06 bits per heavy atom. The van der Waals surface area contributed by atoms with E-state index >= 15 is 0 Å². The van der Waals surface area contributed by atoms with Crippen molar-refractivity contribution in [3.8, 4) is 0 Å². The maximum atomic E-state index is 12.9. The van der Waals surface area contributed by atoms with Gasteiger partial charge in [0.25, 0.3) is 0 Å². The lowest BCUT2D eigenvalue weighted by Crippen LogP contribution is -2.47. The molecule has 0 amide bonds. The highest BCUT2D eigenvalue weighted by atomic mass is 19.4. The van der Waals surface area contributed by atoms with E-state index in [-0.39, 0.29) is 0 Å². The van der Waals surface area contributed by atoms with Gasteiger partial charge >= 0.3 is 6.18 Å². The van der Waals surface area contributed by atoms with Crippen LogP contribution in [-0.4, -0.2) is 42.8 Å². The van der Waals surface area contributed by atoms with Gasteiger partial charge in [-0.3, -0.25) is 4.90 Å². The third-order valence-electron chi connectivity index (χ3n) is 4.00. The maximum absolute atomic E-state index is 12.9. The van der Waals surface area contributed by atoms with Gasteiger partial charge in [0.15, 0.2) is 0 Å². The second-order valence-corrected chi connectivity index (χ2v) is 5.33. The predicted octanol–water partition coefficient (Wildman–Crippen LogP) is 2.40.